The van der Waals surface area contributed by atoms with Gasteiger partial charge in [0.15, 0.2) is 5.75 Å². The van der Waals surface area contributed by atoms with Gasteiger partial charge in [-0.1, -0.05) is 67.9 Å². The summed E-state index contributed by atoms with van der Waals surface area (Å²) in [5, 5.41) is 5.44. The molecule has 0 saturated carbocycles. The molecule has 168 valence electrons. The van der Waals surface area contributed by atoms with Crippen LogP contribution >= 0.6 is 15.9 Å². The van der Waals surface area contributed by atoms with E-state index in [9.17, 15) is 18.4 Å². The highest BCUT2D eigenvalue weighted by Gasteiger charge is 2.48. The highest BCUT2D eigenvalue weighted by molar-refractivity contribution is 9.10. The Hall–Kier alpha value is -2.48. The van der Waals surface area contributed by atoms with Gasteiger partial charge < -0.3 is 15.4 Å². The second kappa shape index (κ2) is 10.7. The third-order valence-electron chi connectivity index (χ3n) is 4.99. The third-order valence-corrected chi connectivity index (χ3v) is 5.48. The molecule has 1 aliphatic rings. The average molecular weight is 497 g/mol. The minimum Gasteiger partial charge on any atom is -0.433 e. The highest BCUT2D eigenvalue weighted by atomic mass is 79.9. The topological polar surface area (TPSA) is 67.4 Å². The van der Waals surface area contributed by atoms with E-state index in [2.05, 4.69) is 31.3 Å². The number of alkyl halides is 2. The van der Waals surface area contributed by atoms with Crippen LogP contribution < -0.4 is 15.4 Å². The number of amides is 2. The number of nitrogens with one attached hydrogen (secondary N) is 2. The van der Waals surface area contributed by atoms with Crippen LogP contribution in [0.25, 0.3) is 0 Å². The lowest BCUT2D eigenvalue weighted by molar-refractivity contribution is -0.124. The zero-order valence-electron chi connectivity index (χ0n) is 18.0. The standard InChI is InChI=1S/C21H21BrF2N2O3.C2H6/c1-12(2)14-5-3-4-6-15(14)21(10-18(27)25-11-21)19(28)26-16-8-7-13(22)9-17(16)29-20(23)24;1-2/h3-9,12,20H,10-11H2,1-2H3,(H,25,27)(H,26,28);1-2H3. The largest absolute Gasteiger partial charge is 0.433 e. The molecule has 31 heavy (non-hydrogen) atoms. The maximum atomic E-state index is 13.4. The van der Waals surface area contributed by atoms with E-state index in [4.69, 9.17) is 0 Å². The summed E-state index contributed by atoms with van der Waals surface area (Å²) < 4.78 is 30.7. The molecular weight excluding hydrogens is 470 g/mol. The fourth-order valence-electron chi connectivity index (χ4n) is 3.59. The van der Waals surface area contributed by atoms with E-state index in [1.165, 1.54) is 12.1 Å². The first-order valence-corrected chi connectivity index (χ1v) is 10.9. The normalized spacial score (nSPS) is 17.8. The fraction of sp³-hybridized carbons (Fsp3) is 0.391. The van der Waals surface area contributed by atoms with Gasteiger partial charge in [0.2, 0.25) is 11.8 Å². The highest BCUT2D eigenvalue weighted by Crippen LogP contribution is 2.39. The Morgan fingerprint density at radius 1 is 1.19 bits per heavy atom. The van der Waals surface area contributed by atoms with Crippen LogP contribution in [0.3, 0.4) is 0 Å². The van der Waals surface area contributed by atoms with E-state index in [0.29, 0.717) is 4.47 Å². The summed E-state index contributed by atoms with van der Waals surface area (Å²) in [4.78, 5) is 25.5. The number of halogens is 3. The SMILES string of the molecule is CC.CC(C)c1ccccc1C1(C(=O)Nc2ccc(Br)cc2OC(F)F)CNC(=O)C1. The van der Waals surface area contributed by atoms with Gasteiger partial charge in [0, 0.05) is 17.4 Å². The number of ether oxygens (including phenoxy) is 1. The maximum Gasteiger partial charge on any atom is 0.387 e. The molecule has 1 fully saturated rings. The van der Waals surface area contributed by atoms with Crippen molar-refractivity contribution in [1.82, 2.24) is 5.32 Å². The Kier molecular flexibility index (Phi) is 8.56. The Labute approximate surface area is 189 Å². The molecule has 5 nitrogen and oxygen atoms in total. The van der Waals surface area contributed by atoms with Crippen molar-refractivity contribution >= 4 is 33.4 Å². The minimum atomic E-state index is -3.04. The van der Waals surface area contributed by atoms with Crippen molar-refractivity contribution in [2.24, 2.45) is 0 Å². The van der Waals surface area contributed by atoms with Gasteiger partial charge in [0.1, 0.15) is 5.41 Å². The van der Waals surface area contributed by atoms with Gasteiger partial charge in [-0.05, 0) is 35.2 Å². The molecule has 0 aliphatic carbocycles. The Bertz CT molecular complexity index is 937. The van der Waals surface area contributed by atoms with Crippen molar-refractivity contribution in [2.75, 3.05) is 11.9 Å². The molecule has 2 N–H and O–H groups in total. The lowest BCUT2D eigenvalue weighted by atomic mass is 9.74. The number of hydrogen-bond acceptors (Lipinski definition) is 3. The number of hydrogen-bond donors (Lipinski definition) is 2. The molecule has 2 aromatic carbocycles. The molecular formula is C23H27BrF2N2O3. The summed E-state index contributed by atoms with van der Waals surface area (Å²) in [7, 11) is 0. The van der Waals surface area contributed by atoms with E-state index >= 15 is 0 Å². The van der Waals surface area contributed by atoms with Crippen molar-refractivity contribution < 1.29 is 23.1 Å². The first-order valence-electron chi connectivity index (χ1n) is 10.1. The van der Waals surface area contributed by atoms with E-state index in [1.807, 2.05) is 52.0 Å². The predicted molar refractivity (Wildman–Crippen MR) is 121 cm³/mol. The summed E-state index contributed by atoms with van der Waals surface area (Å²) in [5.41, 5.74) is 0.671. The Morgan fingerprint density at radius 3 is 2.45 bits per heavy atom. The molecule has 2 aromatic rings. The molecule has 1 unspecified atom stereocenters. The Balaban J connectivity index is 0.00000166. The second-order valence-electron chi connectivity index (χ2n) is 7.25. The predicted octanol–water partition coefficient (Wildman–Crippen LogP) is 5.60. The van der Waals surface area contributed by atoms with Crippen molar-refractivity contribution in [1.29, 1.82) is 0 Å². The zero-order valence-corrected chi connectivity index (χ0v) is 19.6. The number of anilines is 1. The minimum absolute atomic E-state index is 0.0237. The lowest BCUT2D eigenvalue weighted by Gasteiger charge is -2.30. The average Bonchev–Trinajstić information content (AvgIpc) is 3.14. The molecule has 3 rings (SSSR count). The number of rotatable bonds is 6. The van der Waals surface area contributed by atoms with Crippen LogP contribution in [0.5, 0.6) is 5.75 Å². The Morgan fingerprint density at radius 2 is 1.87 bits per heavy atom. The molecule has 0 aromatic heterocycles. The van der Waals surface area contributed by atoms with Crippen molar-refractivity contribution in [3.8, 4) is 5.75 Å². The van der Waals surface area contributed by atoms with Crippen LogP contribution in [0, 0.1) is 0 Å². The summed E-state index contributed by atoms with van der Waals surface area (Å²) in [6.07, 6.45) is -0.0237. The van der Waals surface area contributed by atoms with Crippen LogP contribution in [0.2, 0.25) is 0 Å². The van der Waals surface area contributed by atoms with Crippen LogP contribution in [0.4, 0.5) is 14.5 Å². The maximum absolute atomic E-state index is 13.4. The molecule has 1 atom stereocenters. The van der Waals surface area contributed by atoms with Gasteiger partial charge in [0.25, 0.3) is 0 Å². The first-order chi connectivity index (χ1) is 14.7. The number of carbonyl (C=O) groups is 2. The summed E-state index contributed by atoms with van der Waals surface area (Å²) in [6, 6.07) is 11.9. The van der Waals surface area contributed by atoms with Crippen LogP contribution in [-0.2, 0) is 15.0 Å². The van der Waals surface area contributed by atoms with Crippen molar-refractivity contribution in [3.63, 3.8) is 0 Å². The van der Waals surface area contributed by atoms with Crippen molar-refractivity contribution in [2.45, 2.75) is 52.1 Å². The molecule has 1 heterocycles. The summed E-state index contributed by atoms with van der Waals surface area (Å²) in [6.45, 7) is 5.11. The summed E-state index contributed by atoms with van der Waals surface area (Å²) in [5.74, 6) is -0.715. The number of carbonyl (C=O) groups excluding carboxylic acids is 2. The molecule has 1 saturated heterocycles. The van der Waals surface area contributed by atoms with E-state index in [1.54, 1.807) is 6.07 Å². The van der Waals surface area contributed by atoms with E-state index in [0.717, 1.165) is 11.1 Å². The quantitative estimate of drug-likeness (QED) is 0.547. The smallest absolute Gasteiger partial charge is 0.387 e. The van der Waals surface area contributed by atoms with Gasteiger partial charge in [-0.15, -0.1) is 0 Å². The summed E-state index contributed by atoms with van der Waals surface area (Å²) >= 11 is 3.21. The molecule has 0 radical (unpaired) electrons. The van der Waals surface area contributed by atoms with Gasteiger partial charge in [0.05, 0.1) is 5.69 Å². The van der Waals surface area contributed by atoms with Gasteiger partial charge in [-0.3, -0.25) is 9.59 Å². The van der Waals surface area contributed by atoms with Gasteiger partial charge >= 0.3 is 6.61 Å². The second-order valence-corrected chi connectivity index (χ2v) is 8.17. The number of benzene rings is 2. The molecule has 2 amide bonds. The van der Waals surface area contributed by atoms with E-state index < -0.39 is 17.9 Å². The molecule has 0 bridgehead atoms. The monoisotopic (exact) mass is 496 g/mol. The zero-order chi connectivity index (χ0) is 23.2. The van der Waals surface area contributed by atoms with Crippen molar-refractivity contribution in [3.05, 3.63) is 58.1 Å². The lowest BCUT2D eigenvalue weighted by Crippen LogP contribution is -2.43. The fourth-order valence-corrected chi connectivity index (χ4v) is 3.93. The van der Waals surface area contributed by atoms with Crippen LogP contribution in [0.1, 0.15) is 51.2 Å². The molecule has 8 heteroatoms. The van der Waals surface area contributed by atoms with Gasteiger partial charge in [-0.25, -0.2) is 0 Å². The van der Waals surface area contributed by atoms with E-state index in [-0.39, 0.29) is 36.2 Å². The molecule has 1 aliphatic heterocycles. The van der Waals surface area contributed by atoms with Crippen LogP contribution in [-0.4, -0.2) is 25.0 Å². The molecule has 0 spiro atoms. The first kappa shape index (κ1) is 24.8. The third kappa shape index (κ3) is 5.61. The van der Waals surface area contributed by atoms with Gasteiger partial charge in [-0.2, -0.15) is 8.78 Å². The van der Waals surface area contributed by atoms with Crippen LogP contribution in [0.15, 0.2) is 46.9 Å².